The molecule has 2 aromatic carbocycles. The first-order valence-corrected chi connectivity index (χ1v) is 9.13. The molecule has 0 radical (unpaired) electrons. The van der Waals surface area contributed by atoms with Gasteiger partial charge in [0.15, 0.2) is 0 Å². The Morgan fingerprint density at radius 2 is 1.89 bits per heavy atom. The van der Waals surface area contributed by atoms with Gasteiger partial charge in [0.05, 0.1) is 17.6 Å². The maximum atomic E-state index is 12.6. The molecule has 0 N–H and O–H groups in total. The summed E-state index contributed by atoms with van der Waals surface area (Å²) in [6, 6.07) is 17.3. The van der Waals surface area contributed by atoms with Crippen LogP contribution in [0.15, 0.2) is 54.6 Å². The lowest BCUT2D eigenvalue weighted by Crippen LogP contribution is -2.24. The molecule has 6 heteroatoms. The van der Waals surface area contributed by atoms with Crippen LogP contribution in [0.4, 0.5) is 5.69 Å². The van der Waals surface area contributed by atoms with Gasteiger partial charge in [-0.05, 0) is 31.2 Å². The molecule has 2 heterocycles. The zero-order valence-corrected chi connectivity index (χ0v) is 15.2. The van der Waals surface area contributed by atoms with Gasteiger partial charge in [0.1, 0.15) is 12.4 Å². The van der Waals surface area contributed by atoms with Crippen LogP contribution in [-0.4, -0.2) is 34.6 Å². The van der Waals surface area contributed by atoms with Crippen molar-refractivity contribution in [2.75, 3.05) is 18.1 Å². The lowest BCUT2D eigenvalue weighted by atomic mass is 10.1. The third-order valence-electron chi connectivity index (χ3n) is 4.83. The van der Waals surface area contributed by atoms with Crippen molar-refractivity contribution in [2.45, 2.75) is 25.8 Å². The number of para-hydroxylation sites is 3. The molecule has 1 aliphatic heterocycles. The van der Waals surface area contributed by atoms with Crippen LogP contribution in [0.1, 0.15) is 25.1 Å². The average Bonchev–Trinajstić information content (AvgIpc) is 3.24. The fraction of sp³-hybridized carbons (Fsp3) is 0.286. The molecule has 4 rings (SSSR count). The van der Waals surface area contributed by atoms with E-state index in [1.807, 2.05) is 59.2 Å². The van der Waals surface area contributed by atoms with Gasteiger partial charge in [0.2, 0.25) is 5.91 Å². The van der Waals surface area contributed by atoms with Crippen molar-refractivity contribution in [3.05, 3.63) is 60.4 Å². The fourth-order valence-corrected chi connectivity index (χ4v) is 3.65. The molecule has 1 saturated heterocycles. The summed E-state index contributed by atoms with van der Waals surface area (Å²) in [7, 11) is 0. The first-order valence-electron chi connectivity index (χ1n) is 9.13. The molecule has 0 bridgehead atoms. The Balaban J connectivity index is 1.69. The van der Waals surface area contributed by atoms with Gasteiger partial charge in [-0.3, -0.25) is 9.59 Å². The lowest BCUT2D eigenvalue weighted by molar-refractivity contribution is -0.143. The number of imidazole rings is 1. The largest absolute Gasteiger partial charge is 0.465 e. The van der Waals surface area contributed by atoms with Crippen molar-refractivity contribution in [3.8, 4) is 0 Å². The number of amides is 1. The van der Waals surface area contributed by atoms with Crippen LogP contribution in [0.2, 0.25) is 0 Å². The van der Waals surface area contributed by atoms with Gasteiger partial charge >= 0.3 is 5.97 Å². The van der Waals surface area contributed by atoms with Gasteiger partial charge in [-0.1, -0.05) is 30.3 Å². The van der Waals surface area contributed by atoms with Crippen LogP contribution in [0.25, 0.3) is 11.0 Å². The molecule has 1 fully saturated rings. The summed E-state index contributed by atoms with van der Waals surface area (Å²) in [4.78, 5) is 31.3. The van der Waals surface area contributed by atoms with Gasteiger partial charge < -0.3 is 14.2 Å². The second-order valence-corrected chi connectivity index (χ2v) is 6.59. The maximum Gasteiger partial charge on any atom is 0.326 e. The van der Waals surface area contributed by atoms with Crippen LogP contribution in [0, 0.1) is 0 Å². The van der Waals surface area contributed by atoms with E-state index in [0.29, 0.717) is 19.6 Å². The number of benzene rings is 2. The minimum atomic E-state index is -0.300. The van der Waals surface area contributed by atoms with Crippen molar-refractivity contribution in [1.29, 1.82) is 0 Å². The summed E-state index contributed by atoms with van der Waals surface area (Å²) in [6.07, 6.45) is 0.376. The van der Waals surface area contributed by atoms with Crippen molar-refractivity contribution in [1.82, 2.24) is 9.55 Å². The van der Waals surface area contributed by atoms with Gasteiger partial charge in [0.25, 0.3) is 0 Å². The van der Waals surface area contributed by atoms with Crippen LogP contribution in [0.3, 0.4) is 0 Å². The highest BCUT2D eigenvalue weighted by Crippen LogP contribution is 2.33. The van der Waals surface area contributed by atoms with Crippen LogP contribution in [0.5, 0.6) is 0 Å². The second-order valence-electron chi connectivity index (χ2n) is 6.59. The van der Waals surface area contributed by atoms with Crippen molar-refractivity contribution in [3.63, 3.8) is 0 Å². The number of rotatable bonds is 5. The smallest absolute Gasteiger partial charge is 0.326 e. The van der Waals surface area contributed by atoms with Crippen LogP contribution < -0.4 is 4.90 Å². The van der Waals surface area contributed by atoms with E-state index in [9.17, 15) is 9.59 Å². The highest BCUT2D eigenvalue weighted by atomic mass is 16.5. The SMILES string of the molecule is CCOC(=O)Cn1c([C@@H]2CC(=O)N(c3ccccc3)C2)nc2ccccc21. The minimum absolute atomic E-state index is 0.0699. The Morgan fingerprint density at radius 3 is 2.67 bits per heavy atom. The molecule has 0 spiro atoms. The van der Waals surface area contributed by atoms with Gasteiger partial charge in [0, 0.05) is 24.6 Å². The fourth-order valence-electron chi connectivity index (χ4n) is 3.65. The van der Waals surface area contributed by atoms with E-state index in [2.05, 4.69) is 0 Å². The first kappa shape index (κ1) is 17.3. The summed E-state index contributed by atoms with van der Waals surface area (Å²) in [5.74, 6) is 0.461. The predicted octanol–water partition coefficient (Wildman–Crippen LogP) is 3.12. The first-order chi connectivity index (χ1) is 13.2. The molecular formula is C21H21N3O3. The third kappa shape index (κ3) is 3.30. The number of aromatic nitrogens is 2. The number of hydrogen-bond acceptors (Lipinski definition) is 4. The average molecular weight is 363 g/mol. The number of carbonyl (C=O) groups is 2. The molecule has 27 heavy (non-hydrogen) atoms. The Morgan fingerprint density at radius 1 is 1.15 bits per heavy atom. The number of ether oxygens (including phenoxy) is 1. The van der Waals surface area contributed by atoms with E-state index in [4.69, 9.17) is 9.72 Å². The Bertz CT molecular complexity index is 981. The summed E-state index contributed by atoms with van der Waals surface area (Å²) in [6.45, 7) is 2.78. The zero-order valence-electron chi connectivity index (χ0n) is 15.2. The summed E-state index contributed by atoms with van der Waals surface area (Å²) < 4.78 is 7.02. The van der Waals surface area contributed by atoms with E-state index in [-0.39, 0.29) is 24.3 Å². The van der Waals surface area contributed by atoms with Crippen molar-refractivity contribution < 1.29 is 14.3 Å². The van der Waals surface area contributed by atoms with E-state index in [1.165, 1.54) is 0 Å². The molecule has 3 aromatic rings. The molecule has 6 nitrogen and oxygen atoms in total. The lowest BCUT2D eigenvalue weighted by Gasteiger charge is -2.17. The number of carbonyl (C=O) groups excluding carboxylic acids is 2. The maximum absolute atomic E-state index is 12.6. The molecule has 1 aromatic heterocycles. The van der Waals surface area contributed by atoms with E-state index in [1.54, 1.807) is 11.8 Å². The van der Waals surface area contributed by atoms with Crippen molar-refractivity contribution >= 4 is 28.6 Å². The number of esters is 1. The van der Waals surface area contributed by atoms with Crippen LogP contribution >= 0.6 is 0 Å². The molecule has 1 atom stereocenters. The van der Waals surface area contributed by atoms with Gasteiger partial charge in [-0.25, -0.2) is 4.98 Å². The molecular weight excluding hydrogens is 342 g/mol. The number of nitrogens with zero attached hydrogens (tertiary/aromatic N) is 3. The molecule has 1 aliphatic rings. The molecule has 1 amide bonds. The van der Waals surface area contributed by atoms with E-state index in [0.717, 1.165) is 22.5 Å². The Labute approximate surface area is 157 Å². The quantitative estimate of drug-likeness (QED) is 0.654. The van der Waals surface area contributed by atoms with E-state index < -0.39 is 0 Å². The molecule has 0 unspecified atom stereocenters. The van der Waals surface area contributed by atoms with Crippen LogP contribution in [-0.2, 0) is 20.9 Å². The third-order valence-corrected chi connectivity index (χ3v) is 4.83. The summed E-state index contributed by atoms with van der Waals surface area (Å²) in [5.41, 5.74) is 2.59. The summed E-state index contributed by atoms with van der Waals surface area (Å²) >= 11 is 0. The molecule has 0 saturated carbocycles. The number of hydrogen-bond donors (Lipinski definition) is 0. The summed E-state index contributed by atoms with van der Waals surface area (Å²) in [5, 5.41) is 0. The molecule has 0 aliphatic carbocycles. The van der Waals surface area contributed by atoms with Gasteiger partial charge in [-0.15, -0.1) is 0 Å². The number of fused-ring (bicyclic) bond motifs is 1. The topological polar surface area (TPSA) is 64.4 Å². The normalized spacial score (nSPS) is 16.9. The Hall–Kier alpha value is -3.15. The van der Waals surface area contributed by atoms with E-state index >= 15 is 0 Å². The van der Waals surface area contributed by atoms with Crippen molar-refractivity contribution in [2.24, 2.45) is 0 Å². The standard InChI is InChI=1S/C21H21N3O3/c1-2-27-20(26)14-24-18-11-7-6-10-17(18)22-21(24)15-12-19(25)23(13-15)16-8-4-3-5-9-16/h3-11,15H,2,12-14H2,1H3/t15-/m1/s1. The highest BCUT2D eigenvalue weighted by molar-refractivity contribution is 5.96. The van der Waals surface area contributed by atoms with Gasteiger partial charge in [-0.2, -0.15) is 0 Å². The highest BCUT2D eigenvalue weighted by Gasteiger charge is 2.35. The number of anilines is 1. The monoisotopic (exact) mass is 363 g/mol. The molecule has 138 valence electrons. The predicted molar refractivity (Wildman–Crippen MR) is 103 cm³/mol. The minimum Gasteiger partial charge on any atom is -0.465 e. The second kappa shape index (κ2) is 7.23. The Kier molecular flexibility index (Phi) is 4.62. The zero-order chi connectivity index (χ0) is 18.8.